The highest BCUT2D eigenvalue weighted by Gasteiger charge is 2.05. The molecule has 0 fully saturated rings. The molecular weight excluding hydrogens is 220 g/mol. The summed E-state index contributed by atoms with van der Waals surface area (Å²) in [6.07, 6.45) is 1.63. The summed E-state index contributed by atoms with van der Waals surface area (Å²) < 4.78 is 2.40. The molecule has 0 saturated heterocycles. The van der Waals surface area contributed by atoms with Gasteiger partial charge in [0.05, 0.1) is 18.4 Å². The Labute approximate surface area is 90.3 Å². The second kappa shape index (κ2) is 3.59. The van der Waals surface area contributed by atoms with Gasteiger partial charge in [-0.25, -0.2) is 9.67 Å². The van der Waals surface area contributed by atoms with Crippen LogP contribution in [0.5, 0.6) is 0 Å². The molecular formula is C8H9ClN4S. The van der Waals surface area contributed by atoms with Crippen LogP contribution >= 0.6 is 22.9 Å². The van der Waals surface area contributed by atoms with Crippen LogP contribution in [0.4, 0.5) is 5.82 Å². The molecule has 2 N–H and O–H groups in total. The molecule has 4 nitrogen and oxygen atoms in total. The van der Waals surface area contributed by atoms with E-state index in [1.54, 1.807) is 10.9 Å². The highest BCUT2D eigenvalue weighted by Crippen LogP contribution is 2.19. The highest BCUT2D eigenvalue weighted by molar-refractivity contribution is 7.15. The van der Waals surface area contributed by atoms with Gasteiger partial charge >= 0.3 is 0 Å². The fraction of sp³-hybridized carbons (Fsp3) is 0.250. The van der Waals surface area contributed by atoms with E-state index in [0.29, 0.717) is 16.7 Å². The predicted molar refractivity (Wildman–Crippen MR) is 57.6 cm³/mol. The van der Waals surface area contributed by atoms with Crippen molar-refractivity contribution >= 4 is 28.8 Å². The van der Waals surface area contributed by atoms with E-state index in [1.165, 1.54) is 11.3 Å². The smallest absolute Gasteiger partial charge is 0.122 e. The average molecular weight is 229 g/mol. The summed E-state index contributed by atoms with van der Waals surface area (Å²) in [6, 6.07) is 1.83. The van der Waals surface area contributed by atoms with Crippen molar-refractivity contribution in [1.29, 1.82) is 0 Å². The van der Waals surface area contributed by atoms with E-state index in [9.17, 15) is 0 Å². The molecule has 0 saturated carbocycles. The van der Waals surface area contributed by atoms with Gasteiger partial charge in [-0.15, -0.1) is 11.3 Å². The molecule has 0 bridgehead atoms. The number of nitrogens with two attached hydrogens (primary N) is 1. The van der Waals surface area contributed by atoms with Gasteiger partial charge in [0.2, 0.25) is 0 Å². The van der Waals surface area contributed by atoms with E-state index < -0.39 is 0 Å². The van der Waals surface area contributed by atoms with Gasteiger partial charge in [-0.3, -0.25) is 0 Å². The first kappa shape index (κ1) is 9.48. The Kier molecular flexibility index (Phi) is 2.43. The van der Waals surface area contributed by atoms with E-state index in [0.717, 1.165) is 10.7 Å². The van der Waals surface area contributed by atoms with Crippen LogP contribution in [-0.2, 0) is 6.54 Å². The van der Waals surface area contributed by atoms with E-state index >= 15 is 0 Å². The van der Waals surface area contributed by atoms with Crippen LogP contribution in [0.15, 0.2) is 12.3 Å². The van der Waals surface area contributed by atoms with Gasteiger partial charge < -0.3 is 5.73 Å². The van der Waals surface area contributed by atoms with Crippen molar-refractivity contribution in [2.75, 3.05) is 5.73 Å². The molecule has 0 unspecified atom stereocenters. The fourth-order valence-electron chi connectivity index (χ4n) is 1.18. The molecule has 0 aliphatic rings. The van der Waals surface area contributed by atoms with E-state index in [1.807, 2.05) is 13.0 Å². The maximum atomic E-state index is 5.77. The number of nitrogens with zero attached hydrogens (tertiary/aromatic N) is 3. The first-order chi connectivity index (χ1) is 6.65. The maximum Gasteiger partial charge on any atom is 0.122 e. The summed E-state index contributed by atoms with van der Waals surface area (Å²) >= 11 is 7.21. The lowest BCUT2D eigenvalue weighted by Gasteiger charge is -1.99. The number of rotatable bonds is 2. The van der Waals surface area contributed by atoms with Crippen molar-refractivity contribution < 1.29 is 0 Å². The topological polar surface area (TPSA) is 56.7 Å². The first-order valence-corrected chi connectivity index (χ1v) is 5.25. The van der Waals surface area contributed by atoms with E-state index in [2.05, 4.69) is 10.1 Å². The number of hydrogen-bond acceptors (Lipinski definition) is 4. The molecule has 6 heteroatoms. The van der Waals surface area contributed by atoms with Crippen molar-refractivity contribution in [1.82, 2.24) is 14.8 Å². The van der Waals surface area contributed by atoms with Crippen molar-refractivity contribution in [3.8, 4) is 0 Å². The molecule has 0 radical (unpaired) electrons. The monoisotopic (exact) mass is 228 g/mol. The molecule has 0 aromatic carbocycles. The third-order valence-electron chi connectivity index (χ3n) is 1.74. The van der Waals surface area contributed by atoms with Crippen LogP contribution in [0.1, 0.15) is 10.7 Å². The molecule has 0 atom stereocenters. The number of halogens is 1. The van der Waals surface area contributed by atoms with Gasteiger partial charge in [0.15, 0.2) is 0 Å². The quantitative estimate of drug-likeness (QED) is 0.855. The Morgan fingerprint density at radius 1 is 1.64 bits per heavy atom. The number of aromatic nitrogens is 3. The van der Waals surface area contributed by atoms with Crippen LogP contribution < -0.4 is 5.73 Å². The Morgan fingerprint density at radius 2 is 2.43 bits per heavy atom. The summed E-state index contributed by atoms with van der Waals surface area (Å²) in [7, 11) is 0. The van der Waals surface area contributed by atoms with Crippen LogP contribution in [0.2, 0.25) is 4.34 Å². The average Bonchev–Trinajstić information content (AvgIpc) is 2.61. The normalized spacial score (nSPS) is 10.7. The van der Waals surface area contributed by atoms with Gasteiger partial charge in [0, 0.05) is 6.07 Å². The second-order valence-electron chi connectivity index (χ2n) is 2.93. The van der Waals surface area contributed by atoms with Crippen LogP contribution in [0.3, 0.4) is 0 Å². The van der Waals surface area contributed by atoms with Crippen LogP contribution in [0.25, 0.3) is 0 Å². The van der Waals surface area contributed by atoms with Crippen molar-refractivity contribution in [3.05, 3.63) is 27.3 Å². The standard InChI is InChI=1S/C8H9ClN4S/c1-5-2-7(10)13(12-5)4-8-11-3-6(9)14-8/h2-3H,4,10H2,1H3. The zero-order chi connectivity index (χ0) is 10.1. The maximum absolute atomic E-state index is 5.77. The Bertz CT molecular complexity index is 448. The molecule has 0 spiro atoms. The van der Waals surface area contributed by atoms with Gasteiger partial charge in [-0.1, -0.05) is 11.6 Å². The molecule has 0 aliphatic carbocycles. The minimum atomic E-state index is 0.580. The number of aryl methyl sites for hydroxylation is 1. The van der Waals surface area contributed by atoms with E-state index in [4.69, 9.17) is 17.3 Å². The summed E-state index contributed by atoms with van der Waals surface area (Å²) in [5.74, 6) is 0.647. The molecule has 2 heterocycles. The first-order valence-electron chi connectivity index (χ1n) is 4.05. The number of nitrogen functional groups attached to an aromatic ring is 1. The minimum Gasteiger partial charge on any atom is -0.384 e. The lowest BCUT2D eigenvalue weighted by atomic mass is 10.5. The number of hydrogen-bond donors (Lipinski definition) is 1. The van der Waals surface area contributed by atoms with Crippen LogP contribution in [-0.4, -0.2) is 14.8 Å². The fourth-order valence-corrected chi connectivity index (χ4v) is 2.12. The largest absolute Gasteiger partial charge is 0.384 e. The molecule has 74 valence electrons. The van der Waals surface area contributed by atoms with Crippen LogP contribution in [0, 0.1) is 6.92 Å². The summed E-state index contributed by atoms with van der Waals surface area (Å²) in [5, 5.41) is 5.14. The predicted octanol–water partition coefficient (Wildman–Crippen LogP) is 1.93. The van der Waals surface area contributed by atoms with Gasteiger partial charge in [-0.05, 0) is 6.92 Å². The van der Waals surface area contributed by atoms with Crippen molar-refractivity contribution in [2.24, 2.45) is 0 Å². The lowest BCUT2D eigenvalue weighted by molar-refractivity contribution is 0.686. The number of anilines is 1. The molecule has 0 aliphatic heterocycles. The molecule has 2 aromatic rings. The lowest BCUT2D eigenvalue weighted by Crippen LogP contribution is -2.05. The second-order valence-corrected chi connectivity index (χ2v) is 4.67. The third kappa shape index (κ3) is 1.88. The zero-order valence-corrected chi connectivity index (χ0v) is 9.14. The number of thiazole rings is 1. The molecule has 0 amide bonds. The summed E-state index contributed by atoms with van der Waals surface area (Å²) in [4.78, 5) is 4.13. The third-order valence-corrected chi connectivity index (χ3v) is 2.84. The van der Waals surface area contributed by atoms with E-state index in [-0.39, 0.29) is 0 Å². The Morgan fingerprint density at radius 3 is 2.93 bits per heavy atom. The van der Waals surface area contributed by atoms with Crippen molar-refractivity contribution in [3.63, 3.8) is 0 Å². The summed E-state index contributed by atoms with van der Waals surface area (Å²) in [6.45, 7) is 2.48. The molecule has 14 heavy (non-hydrogen) atoms. The summed E-state index contributed by atoms with van der Waals surface area (Å²) in [5.41, 5.74) is 6.65. The zero-order valence-electron chi connectivity index (χ0n) is 7.57. The Balaban J connectivity index is 2.22. The minimum absolute atomic E-state index is 0.580. The van der Waals surface area contributed by atoms with Gasteiger partial charge in [0.25, 0.3) is 0 Å². The Hall–Kier alpha value is -1.07. The highest BCUT2D eigenvalue weighted by atomic mass is 35.5. The van der Waals surface area contributed by atoms with Crippen molar-refractivity contribution in [2.45, 2.75) is 13.5 Å². The molecule has 2 aromatic heterocycles. The SMILES string of the molecule is Cc1cc(N)n(Cc2ncc(Cl)s2)n1. The van der Waals surface area contributed by atoms with Gasteiger partial charge in [-0.2, -0.15) is 5.10 Å². The molecule has 2 rings (SSSR count). The van der Waals surface area contributed by atoms with Gasteiger partial charge in [0.1, 0.15) is 15.2 Å².